The van der Waals surface area contributed by atoms with E-state index in [1.165, 1.54) is 25.7 Å². The van der Waals surface area contributed by atoms with Crippen LogP contribution in [-0.2, 0) is 6.54 Å². The van der Waals surface area contributed by atoms with Crippen LogP contribution in [0.25, 0.3) is 11.0 Å². The minimum absolute atomic E-state index is 0.249. The molecule has 3 heteroatoms. The molecule has 2 aliphatic carbocycles. The molecule has 4 atom stereocenters. The summed E-state index contributed by atoms with van der Waals surface area (Å²) in [7, 11) is 0. The fraction of sp³-hybridized carbons (Fsp3) is 0.571. The Morgan fingerprint density at radius 2 is 2.08 bits per heavy atom. The van der Waals surface area contributed by atoms with Gasteiger partial charge in [-0.2, -0.15) is 0 Å². The van der Waals surface area contributed by atoms with E-state index in [4.69, 9.17) is 4.42 Å². The molecule has 2 aromatic rings. The van der Waals surface area contributed by atoms with Gasteiger partial charge in [0.15, 0.2) is 0 Å². The fourth-order valence-electron chi connectivity index (χ4n) is 5.00. The van der Waals surface area contributed by atoms with Crippen molar-refractivity contribution in [2.45, 2.75) is 59.0 Å². The van der Waals surface area contributed by atoms with Gasteiger partial charge in [0.05, 0.1) is 0 Å². The van der Waals surface area contributed by atoms with Gasteiger partial charge in [0.25, 0.3) is 0 Å². The number of hydrogen-bond acceptors (Lipinski definition) is 3. The van der Waals surface area contributed by atoms with Crippen molar-refractivity contribution in [1.82, 2.24) is 5.32 Å². The fourth-order valence-corrected chi connectivity index (χ4v) is 5.00. The molecule has 2 fully saturated rings. The maximum Gasteiger partial charge on any atom is 0.336 e. The molecule has 1 N–H and O–H groups in total. The van der Waals surface area contributed by atoms with Gasteiger partial charge in [0, 0.05) is 24.0 Å². The van der Waals surface area contributed by atoms with E-state index in [1.54, 1.807) is 6.07 Å². The Morgan fingerprint density at radius 3 is 2.79 bits per heavy atom. The second-order valence-corrected chi connectivity index (χ2v) is 7.98. The van der Waals surface area contributed by atoms with Gasteiger partial charge >= 0.3 is 5.63 Å². The molecule has 2 aliphatic rings. The Labute approximate surface area is 143 Å². The van der Waals surface area contributed by atoms with E-state index in [0.717, 1.165) is 52.0 Å². The van der Waals surface area contributed by atoms with E-state index < -0.39 is 0 Å². The predicted molar refractivity (Wildman–Crippen MR) is 97.2 cm³/mol. The number of fused-ring (bicyclic) bond motifs is 3. The molecule has 0 amide bonds. The second-order valence-electron chi connectivity index (χ2n) is 7.98. The molecule has 2 bridgehead atoms. The minimum atomic E-state index is -0.249. The Bertz CT molecular complexity index is 822. The van der Waals surface area contributed by atoms with Crippen molar-refractivity contribution < 1.29 is 4.42 Å². The predicted octanol–water partition coefficient (Wildman–Crippen LogP) is 4.32. The molecule has 2 saturated carbocycles. The molecule has 4 rings (SSSR count). The lowest BCUT2D eigenvalue weighted by Crippen LogP contribution is -2.36. The number of nitrogens with one attached hydrogen (secondary N) is 1. The lowest BCUT2D eigenvalue weighted by molar-refractivity contribution is 0.259. The molecule has 0 radical (unpaired) electrons. The Balaban J connectivity index is 1.56. The zero-order valence-electron chi connectivity index (χ0n) is 14.9. The van der Waals surface area contributed by atoms with Gasteiger partial charge in [-0.25, -0.2) is 4.79 Å². The molecule has 0 saturated heterocycles. The molecular formula is C21H27NO2. The first-order chi connectivity index (χ1) is 11.5. The maximum atomic E-state index is 12.0. The molecule has 128 valence electrons. The highest BCUT2D eigenvalue weighted by Crippen LogP contribution is 2.49. The van der Waals surface area contributed by atoms with Gasteiger partial charge in [-0.1, -0.05) is 18.6 Å². The first-order valence-electron chi connectivity index (χ1n) is 9.29. The van der Waals surface area contributed by atoms with E-state index in [-0.39, 0.29) is 5.63 Å². The van der Waals surface area contributed by atoms with E-state index in [0.29, 0.717) is 6.04 Å². The van der Waals surface area contributed by atoms with Crippen LogP contribution in [0.1, 0.15) is 49.3 Å². The summed E-state index contributed by atoms with van der Waals surface area (Å²) in [6, 6.07) is 6.35. The van der Waals surface area contributed by atoms with Crippen LogP contribution in [0.4, 0.5) is 0 Å². The summed E-state index contributed by atoms with van der Waals surface area (Å²) in [4.78, 5) is 12.0. The van der Waals surface area contributed by atoms with Crippen LogP contribution in [0.3, 0.4) is 0 Å². The third-order valence-electron chi connectivity index (χ3n) is 6.57. The average Bonchev–Trinajstić information content (AvgIpc) is 3.19. The summed E-state index contributed by atoms with van der Waals surface area (Å²) in [5, 5.41) is 4.76. The van der Waals surface area contributed by atoms with E-state index in [1.807, 2.05) is 6.92 Å². The summed E-state index contributed by atoms with van der Waals surface area (Å²) >= 11 is 0. The molecule has 1 heterocycles. The molecule has 1 aromatic carbocycles. The van der Waals surface area contributed by atoms with Gasteiger partial charge in [-0.3, -0.25) is 0 Å². The van der Waals surface area contributed by atoms with Crippen molar-refractivity contribution >= 4 is 11.0 Å². The highest BCUT2D eigenvalue weighted by atomic mass is 16.4. The zero-order chi connectivity index (χ0) is 16.8. The topological polar surface area (TPSA) is 42.2 Å². The molecular weight excluding hydrogens is 298 g/mol. The van der Waals surface area contributed by atoms with Gasteiger partial charge in [0.1, 0.15) is 5.58 Å². The van der Waals surface area contributed by atoms with E-state index in [9.17, 15) is 4.79 Å². The van der Waals surface area contributed by atoms with Crippen molar-refractivity contribution in [3.05, 3.63) is 45.3 Å². The van der Waals surface area contributed by atoms with Crippen LogP contribution in [0.5, 0.6) is 0 Å². The second kappa shape index (κ2) is 6.03. The summed E-state index contributed by atoms with van der Waals surface area (Å²) in [6.07, 6.45) is 5.68. The quantitative estimate of drug-likeness (QED) is 0.851. The van der Waals surface area contributed by atoms with Gasteiger partial charge in [-0.15, -0.1) is 0 Å². The number of hydrogen-bond donors (Lipinski definition) is 1. The summed E-state index contributed by atoms with van der Waals surface area (Å²) < 4.78 is 5.48. The average molecular weight is 325 g/mol. The Hall–Kier alpha value is -1.61. The van der Waals surface area contributed by atoms with Crippen LogP contribution >= 0.6 is 0 Å². The van der Waals surface area contributed by atoms with Crippen molar-refractivity contribution in [2.75, 3.05) is 0 Å². The third kappa shape index (κ3) is 2.69. The molecule has 3 nitrogen and oxygen atoms in total. The number of rotatable bonds is 4. The largest absolute Gasteiger partial charge is 0.422 e. The first kappa shape index (κ1) is 15.9. The molecule has 0 unspecified atom stereocenters. The maximum absolute atomic E-state index is 12.0. The third-order valence-corrected chi connectivity index (χ3v) is 6.57. The number of benzene rings is 1. The molecule has 0 aliphatic heterocycles. The van der Waals surface area contributed by atoms with Gasteiger partial charge in [0.2, 0.25) is 0 Å². The van der Waals surface area contributed by atoms with E-state index in [2.05, 4.69) is 31.3 Å². The lowest BCUT2D eigenvalue weighted by atomic mass is 9.84. The SMILES string of the molecule is Cc1ccc2c(CN[C@@H](C)[C@H]3C[C@H]4CC[C@H]3C4)cc(=O)oc2c1C. The minimum Gasteiger partial charge on any atom is -0.422 e. The monoisotopic (exact) mass is 325 g/mol. The first-order valence-corrected chi connectivity index (χ1v) is 9.29. The molecule has 1 aromatic heterocycles. The standard InChI is InChI=1S/C21H27NO2/c1-12-4-7-18-17(10-20(23)24-21(18)13(12)2)11-22-14(3)19-9-15-5-6-16(19)8-15/h4,7,10,14-16,19,22H,5-6,8-9,11H2,1-3H3/t14-,15-,16-,19+/m0/s1. The summed E-state index contributed by atoms with van der Waals surface area (Å²) in [5.74, 6) is 2.69. The van der Waals surface area contributed by atoms with Crippen LogP contribution in [-0.4, -0.2) is 6.04 Å². The van der Waals surface area contributed by atoms with E-state index >= 15 is 0 Å². The molecule has 24 heavy (non-hydrogen) atoms. The molecule has 0 spiro atoms. The lowest BCUT2D eigenvalue weighted by Gasteiger charge is -2.28. The number of aryl methyl sites for hydroxylation is 2. The van der Waals surface area contributed by atoms with Crippen LogP contribution in [0.15, 0.2) is 27.4 Å². The van der Waals surface area contributed by atoms with Crippen molar-refractivity contribution in [1.29, 1.82) is 0 Å². The zero-order valence-corrected chi connectivity index (χ0v) is 14.9. The normalized spacial score (nSPS) is 27.0. The van der Waals surface area contributed by atoms with Crippen LogP contribution < -0.4 is 10.9 Å². The van der Waals surface area contributed by atoms with Crippen molar-refractivity contribution in [3.63, 3.8) is 0 Å². The summed E-state index contributed by atoms with van der Waals surface area (Å²) in [6.45, 7) is 7.13. The van der Waals surface area contributed by atoms with Crippen molar-refractivity contribution in [2.24, 2.45) is 17.8 Å². The van der Waals surface area contributed by atoms with Gasteiger partial charge in [-0.05, 0) is 74.5 Å². The van der Waals surface area contributed by atoms with Crippen LogP contribution in [0, 0.1) is 31.6 Å². The highest BCUT2D eigenvalue weighted by Gasteiger charge is 2.41. The Morgan fingerprint density at radius 1 is 1.25 bits per heavy atom. The van der Waals surface area contributed by atoms with Gasteiger partial charge < -0.3 is 9.73 Å². The Kier molecular flexibility index (Phi) is 4.00. The van der Waals surface area contributed by atoms with Crippen LogP contribution in [0.2, 0.25) is 0 Å². The smallest absolute Gasteiger partial charge is 0.336 e. The summed E-state index contributed by atoms with van der Waals surface area (Å²) in [5.41, 5.74) is 3.77. The van der Waals surface area contributed by atoms with Crippen molar-refractivity contribution in [3.8, 4) is 0 Å². The highest BCUT2D eigenvalue weighted by molar-refractivity contribution is 5.83.